The normalized spacial score (nSPS) is 20.8. The minimum Gasteiger partial charge on any atom is -0.370 e. The SMILES string of the molecule is CCCC[C@H](NC(C)=O)C(=O)N[C@H]1CCc2cn(nn2)CCC[C@@H](C(N)=O)NC(=O)[C@H](Cc2c[nH]c3ccccc23)NC(=O)[C@H](CCCN=C(N)N)NC(=O)[C@@H](Cc2ccccc2)NC(=O)[C@H](Cc2cnc[nH]2)NC1=O. The van der Waals surface area contributed by atoms with Crippen LogP contribution in [0.2, 0.25) is 0 Å². The van der Waals surface area contributed by atoms with Gasteiger partial charge >= 0.3 is 0 Å². The number of nitrogens with two attached hydrogens (primary N) is 3. The summed E-state index contributed by atoms with van der Waals surface area (Å²) in [5.41, 5.74) is 20.0. The quantitative estimate of drug-likeness (QED) is 0.0305. The fourth-order valence-corrected chi connectivity index (χ4v) is 8.81. The molecule has 0 fully saturated rings. The molecule has 15 N–H and O–H groups in total. The molecule has 4 heterocycles. The standard InChI is InChI=1S/C51H69N17O8/c1-3-4-15-38(59-30(2)69)45(71)62-40-20-19-33-28-68(67-66-33)22-11-18-37(44(52)70)60-49(75)42(24-32-26-57-36-16-9-8-14-35(32)36)64-46(72)39(17-10-21-56-51(53)54)61-48(74)41(23-31-12-6-5-7-13-31)63-50(76)43(65-47(40)73)25-34-27-55-29-58-34/h5-9,12-14,16,26-29,37-43,57H,3-4,10-11,15,17-25H2,1-2H3,(H2,52,70)(H,55,58)(H,59,69)(H,60,75)(H,61,74)(H,62,71)(H,63,76)(H,64,72)(H,65,73)(H4,53,54,56)/t37-,38-,39-,40-,41+,42-,43-/m0/s1. The zero-order valence-electron chi connectivity index (χ0n) is 42.7. The molecule has 0 saturated carbocycles. The number of H-pyrrole nitrogens is 2. The number of fused-ring (bicyclic) bond motifs is 3. The van der Waals surface area contributed by atoms with Gasteiger partial charge in [0.1, 0.15) is 42.3 Å². The number of carbonyl (C=O) groups is 8. The largest absolute Gasteiger partial charge is 0.370 e. The van der Waals surface area contributed by atoms with Crippen LogP contribution in [-0.4, -0.2) is 132 Å². The van der Waals surface area contributed by atoms with E-state index in [-0.39, 0.29) is 76.8 Å². The van der Waals surface area contributed by atoms with Gasteiger partial charge < -0.3 is 64.4 Å². The summed E-state index contributed by atoms with van der Waals surface area (Å²) in [4.78, 5) is 126. The van der Waals surface area contributed by atoms with Gasteiger partial charge in [0.2, 0.25) is 47.3 Å². The van der Waals surface area contributed by atoms with Gasteiger partial charge in [-0.15, -0.1) is 5.10 Å². The number of primary amides is 1. The van der Waals surface area contributed by atoms with Crippen LogP contribution in [-0.2, 0) is 70.6 Å². The van der Waals surface area contributed by atoms with Crippen molar-refractivity contribution in [3.05, 3.63) is 102 Å². The number of hydrogen-bond acceptors (Lipinski definition) is 12. The molecule has 1 aliphatic heterocycles. The number of benzene rings is 2. The Bertz CT molecular complexity index is 2790. The molecule has 3 aromatic heterocycles. The third-order valence-corrected chi connectivity index (χ3v) is 12.8. The van der Waals surface area contributed by atoms with E-state index < -0.39 is 89.6 Å². The second-order valence-electron chi connectivity index (χ2n) is 18.8. The monoisotopic (exact) mass is 1050 g/mol. The molecule has 76 heavy (non-hydrogen) atoms. The van der Waals surface area contributed by atoms with Crippen molar-refractivity contribution in [1.82, 2.24) is 67.2 Å². The Morgan fingerprint density at radius 1 is 0.789 bits per heavy atom. The molecule has 25 nitrogen and oxygen atoms in total. The number of aliphatic imine (C=N–C) groups is 1. The minimum atomic E-state index is -1.37. The lowest BCUT2D eigenvalue weighted by molar-refractivity contribution is -0.135. The number of amides is 8. The van der Waals surface area contributed by atoms with Gasteiger partial charge in [-0.2, -0.15) is 0 Å². The Kier molecular flexibility index (Phi) is 21.0. The smallest absolute Gasteiger partial charge is 0.243 e. The van der Waals surface area contributed by atoms with Crippen molar-refractivity contribution in [1.29, 1.82) is 0 Å². The first-order valence-corrected chi connectivity index (χ1v) is 25.5. The molecule has 25 heteroatoms. The predicted octanol–water partition coefficient (Wildman–Crippen LogP) is -0.920. The van der Waals surface area contributed by atoms with Crippen LogP contribution in [0.4, 0.5) is 0 Å². The molecular weight excluding hydrogens is 979 g/mol. The van der Waals surface area contributed by atoms with Crippen LogP contribution in [0, 0.1) is 0 Å². The first-order valence-electron chi connectivity index (χ1n) is 25.5. The number of unbranched alkanes of at least 4 members (excludes halogenated alkanes) is 1. The number of nitrogens with one attached hydrogen (secondary N) is 9. The lowest BCUT2D eigenvalue weighted by Crippen LogP contribution is -2.61. The Hall–Kier alpha value is -8.64. The molecule has 1 aliphatic rings. The molecule has 2 bridgehead atoms. The number of para-hydroxylation sites is 1. The summed E-state index contributed by atoms with van der Waals surface area (Å²) in [5.74, 6) is -5.91. The number of hydrogen-bond donors (Lipinski definition) is 12. The van der Waals surface area contributed by atoms with Crippen LogP contribution in [0.15, 0.2) is 84.5 Å². The fraction of sp³-hybridized carbons (Fsp3) is 0.451. The molecule has 8 amide bonds. The number of rotatable bonds is 17. The zero-order chi connectivity index (χ0) is 54.6. The van der Waals surface area contributed by atoms with E-state index >= 15 is 0 Å². The number of aromatic amines is 2. The number of aryl methyl sites for hydroxylation is 2. The average Bonchev–Trinajstić information content (AvgIpc) is 4.18. The molecule has 0 saturated heterocycles. The summed E-state index contributed by atoms with van der Waals surface area (Å²) in [5, 5.41) is 28.7. The van der Waals surface area contributed by atoms with Gasteiger partial charge in [0, 0.05) is 74.5 Å². The first kappa shape index (κ1) is 56.7. The van der Waals surface area contributed by atoms with Gasteiger partial charge in [-0.05, 0) is 62.1 Å². The topological polar surface area (TPSA) is 386 Å². The molecule has 2 aromatic carbocycles. The van der Waals surface area contributed by atoms with Crippen LogP contribution in [0.5, 0.6) is 0 Å². The van der Waals surface area contributed by atoms with E-state index in [1.165, 1.54) is 24.1 Å². The highest BCUT2D eigenvalue weighted by atomic mass is 16.2. The average molecular weight is 1050 g/mol. The molecular formula is C51H69N17O8. The molecule has 0 radical (unpaired) electrons. The van der Waals surface area contributed by atoms with E-state index in [1.54, 1.807) is 42.7 Å². The summed E-state index contributed by atoms with van der Waals surface area (Å²) in [6.45, 7) is 3.53. The van der Waals surface area contributed by atoms with Crippen LogP contribution in [0.25, 0.3) is 10.9 Å². The van der Waals surface area contributed by atoms with Crippen molar-refractivity contribution in [2.45, 2.75) is 140 Å². The maximum absolute atomic E-state index is 14.8. The third-order valence-electron chi connectivity index (χ3n) is 12.8. The van der Waals surface area contributed by atoms with E-state index in [0.717, 1.165) is 17.3 Å². The molecule has 7 atom stereocenters. The highest BCUT2D eigenvalue weighted by Gasteiger charge is 2.35. The summed E-state index contributed by atoms with van der Waals surface area (Å²) in [6.07, 6.45) is 8.19. The number of imidazole rings is 1. The van der Waals surface area contributed by atoms with Crippen molar-refractivity contribution in [2.75, 3.05) is 6.54 Å². The summed E-state index contributed by atoms with van der Waals surface area (Å²) >= 11 is 0. The van der Waals surface area contributed by atoms with E-state index in [2.05, 4.69) is 67.5 Å². The van der Waals surface area contributed by atoms with Gasteiger partial charge in [0.05, 0.1) is 12.0 Å². The number of carbonyl (C=O) groups excluding carboxylic acids is 8. The molecule has 6 rings (SSSR count). The third kappa shape index (κ3) is 17.2. The van der Waals surface area contributed by atoms with E-state index in [4.69, 9.17) is 17.2 Å². The highest BCUT2D eigenvalue weighted by Crippen LogP contribution is 2.20. The minimum absolute atomic E-state index is 0.0313. The summed E-state index contributed by atoms with van der Waals surface area (Å²) < 4.78 is 1.52. The number of aromatic nitrogens is 6. The lowest BCUT2D eigenvalue weighted by Gasteiger charge is -2.28. The van der Waals surface area contributed by atoms with Crippen molar-refractivity contribution in [3.8, 4) is 0 Å². The van der Waals surface area contributed by atoms with Gasteiger partial charge in [-0.1, -0.05) is 73.5 Å². The van der Waals surface area contributed by atoms with E-state index in [9.17, 15) is 38.4 Å². The van der Waals surface area contributed by atoms with E-state index in [0.29, 0.717) is 35.4 Å². The summed E-state index contributed by atoms with van der Waals surface area (Å²) in [6, 6.07) is 7.38. The Labute approximate surface area is 438 Å². The van der Waals surface area contributed by atoms with Crippen molar-refractivity contribution >= 4 is 64.1 Å². The Balaban J connectivity index is 1.39. The van der Waals surface area contributed by atoms with E-state index in [1.807, 2.05) is 31.2 Å². The van der Waals surface area contributed by atoms with Crippen molar-refractivity contribution in [3.63, 3.8) is 0 Å². The van der Waals surface area contributed by atoms with Crippen LogP contribution in [0.3, 0.4) is 0 Å². The maximum Gasteiger partial charge on any atom is 0.243 e. The number of guanidine groups is 1. The highest BCUT2D eigenvalue weighted by molar-refractivity contribution is 5.98. The first-order chi connectivity index (χ1) is 36.6. The van der Waals surface area contributed by atoms with Crippen molar-refractivity contribution in [2.24, 2.45) is 22.2 Å². The molecule has 406 valence electrons. The second kappa shape index (κ2) is 28.1. The predicted molar refractivity (Wildman–Crippen MR) is 280 cm³/mol. The fourth-order valence-electron chi connectivity index (χ4n) is 8.81. The van der Waals surface area contributed by atoms with Crippen LogP contribution >= 0.6 is 0 Å². The van der Waals surface area contributed by atoms with Gasteiger partial charge in [0.25, 0.3) is 0 Å². The molecule has 0 spiro atoms. The van der Waals surface area contributed by atoms with Crippen LogP contribution < -0.4 is 54.4 Å². The summed E-state index contributed by atoms with van der Waals surface area (Å²) in [7, 11) is 0. The lowest BCUT2D eigenvalue weighted by atomic mass is 10.0. The Morgan fingerprint density at radius 3 is 2.16 bits per heavy atom. The maximum atomic E-state index is 14.8. The van der Waals surface area contributed by atoms with Crippen LogP contribution in [0.1, 0.15) is 87.7 Å². The zero-order valence-corrected chi connectivity index (χ0v) is 42.7. The number of nitrogens with zero attached hydrogens (tertiary/aromatic N) is 5. The Morgan fingerprint density at radius 2 is 1.46 bits per heavy atom. The van der Waals surface area contributed by atoms with Crippen molar-refractivity contribution < 1.29 is 38.4 Å². The second-order valence-corrected chi connectivity index (χ2v) is 18.8. The van der Waals surface area contributed by atoms with Gasteiger partial charge in [-0.25, -0.2) is 4.98 Å². The van der Waals surface area contributed by atoms with Gasteiger partial charge in [-0.3, -0.25) is 48.0 Å². The van der Waals surface area contributed by atoms with Gasteiger partial charge in [0.15, 0.2) is 5.96 Å². The molecule has 0 unspecified atom stereocenters. The molecule has 0 aliphatic carbocycles. The molecule has 5 aromatic rings.